The summed E-state index contributed by atoms with van der Waals surface area (Å²) >= 11 is 5.32. The molecule has 2 rings (SSSR count). The van der Waals surface area contributed by atoms with Crippen molar-refractivity contribution >= 4 is 28.6 Å². The molecule has 0 atom stereocenters. The number of anilines is 1. The number of hydrogen-bond donors (Lipinski definition) is 1. The van der Waals surface area contributed by atoms with Crippen LogP contribution in [0.2, 0.25) is 0 Å². The first-order valence-corrected chi connectivity index (χ1v) is 6.98. The van der Waals surface area contributed by atoms with Gasteiger partial charge in [0.05, 0.1) is 5.56 Å². The minimum Gasteiger partial charge on any atom is -0.311 e. The van der Waals surface area contributed by atoms with E-state index >= 15 is 0 Å². The first-order valence-electron chi connectivity index (χ1n) is 6.61. The first-order chi connectivity index (χ1) is 9.15. The molecule has 1 heterocycles. The number of halogens is 1. The average Bonchev–Trinajstić information content (AvgIpc) is 2.40. The van der Waals surface area contributed by atoms with Crippen LogP contribution in [0.1, 0.15) is 48.9 Å². The van der Waals surface area contributed by atoms with Crippen molar-refractivity contribution in [1.82, 2.24) is 4.98 Å². The zero-order chi connectivity index (χ0) is 13.7. The van der Waals surface area contributed by atoms with Crippen LogP contribution in [-0.2, 0) is 4.79 Å². The highest BCUT2D eigenvalue weighted by Crippen LogP contribution is 2.26. The zero-order valence-electron chi connectivity index (χ0n) is 10.7. The summed E-state index contributed by atoms with van der Waals surface area (Å²) in [5.41, 5.74) is 0.326. The zero-order valence-corrected chi connectivity index (χ0v) is 11.4. The molecule has 0 bridgehead atoms. The van der Waals surface area contributed by atoms with Crippen LogP contribution in [0.25, 0.3) is 0 Å². The van der Waals surface area contributed by atoms with Crippen molar-refractivity contribution in [2.45, 2.75) is 38.5 Å². The molecule has 0 aromatic carbocycles. The van der Waals surface area contributed by atoms with Crippen molar-refractivity contribution < 1.29 is 9.59 Å². The van der Waals surface area contributed by atoms with E-state index < -0.39 is 5.24 Å². The summed E-state index contributed by atoms with van der Waals surface area (Å²) < 4.78 is 0. The molecule has 0 saturated heterocycles. The number of carbonyl (C=O) groups excluding carboxylic acids is 2. The van der Waals surface area contributed by atoms with E-state index in [0.717, 1.165) is 12.8 Å². The highest BCUT2D eigenvalue weighted by molar-refractivity contribution is 6.67. The number of pyridine rings is 1. The van der Waals surface area contributed by atoms with Gasteiger partial charge in [0.1, 0.15) is 5.82 Å². The van der Waals surface area contributed by atoms with Gasteiger partial charge in [-0.3, -0.25) is 9.59 Å². The second-order valence-corrected chi connectivity index (χ2v) is 5.31. The lowest BCUT2D eigenvalue weighted by molar-refractivity contribution is -0.117. The molecule has 1 amide bonds. The number of hydrogen-bond acceptors (Lipinski definition) is 3. The Hall–Kier alpha value is -1.42. The third kappa shape index (κ3) is 4.31. The van der Waals surface area contributed by atoms with Crippen LogP contribution in [0, 0.1) is 5.92 Å². The largest absolute Gasteiger partial charge is 0.311 e. The number of nitrogens with one attached hydrogen (secondary N) is 1. The van der Waals surface area contributed by atoms with Gasteiger partial charge in [0.15, 0.2) is 0 Å². The van der Waals surface area contributed by atoms with Crippen LogP contribution in [-0.4, -0.2) is 16.1 Å². The number of aromatic nitrogens is 1. The van der Waals surface area contributed by atoms with E-state index in [-0.39, 0.29) is 5.91 Å². The molecule has 0 radical (unpaired) electrons. The Morgan fingerprint density at radius 2 is 2.00 bits per heavy atom. The van der Waals surface area contributed by atoms with Gasteiger partial charge in [0.25, 0.3) is 5.24 Å². The Labute approximate surface area is 117 Å². The molecule has 1 aliphatic rings. The van der Waals surface area contributed by atoms with E-state index in [4.69, 9.17) is 11.6 Å². The van der Waals surface area contributed by atoms with Gasteiger partial charge in [-0.1, -0.05) is 19.3 Å². The molecule has 1 N–H and O–H groups in total. The van der Waals surface area contributed by atoms with Crippen LogP contribution in [0.5, 0.6) is 0 Å². The summed E-state index contributed by atoms with van der Waals surface area (Å²) in [4.78, 5) is 26.7. The lowest BCUT2D eigenvalue weighted by Gasteiger charge is -2.20. The lowest BCUT2D eigenvalue weighted by atomic mass is 9.87. The van der Waals surface area contributed by atoms with E-state index in [9.17, 15) is 9.59 Å². The number of carbonyl (C=O) groups is 2. The molecule has 1 aromatic heterocycles. The maximum absolute atomic E-state index is 11.9. The van der Waals surface area contributed by atoms with Crippen molar-refractivity contribution in [2.24, 2.45) is 5.92 Å². The van der Waals surface area contributed by atoms with E-state index in [1.54, 1.807) is 12.1 Å². The van der Waals surface area contributed by atoms with Crippen molar-refractivity contribution in [3.05, 3.63) is 23.9 Å². The minimum absolute atomic E-state index is 0.00986. The maximum atomic E-state index is 11.9. The Balaban J connectivity index is 1.85. The molecule has 1 fully saturated rings. The van der Waals surface area contributed by atoms with Gasteiger partial charge in [0, 0.05) is 12.6 Å². The molecular weight excluding hydrogens is 264 g/mol. The standard InChI is InChI=1S/C14H17ClN2O2/c15-14(19)11-6-7-12(16-9-11)17-13(18)8-10-4-2-1-3-5-10/h6-7,9-10H,1-5,8H2,(H,16,17,18). The fourth-order valence-electron chi connectivity index (χ4n) is 2.43. The van der Waals surface area contributed by atoms with Crippen LogP contribution < -0.4 is 5.32 Å². The Kier molecular flexibility index (Phi) is 4.91. The van der Waals surface area contributed by atoms with Gasteiger partial charge in [-0.15, -0.1) is 0 Å². The molecule has 1 aromatic rings. The highest BCUT2D eigenvalue weighted by atomic mass is 35.5. The fraction of sp³-hybridized carbons (Fsp3) is 0.500. The minimum atomic E-state index is -0.549. The third-order valence-corrected chi connectivity index (χ3v) is 3.67. The monoisotopic (exact) mass is 280 g/mol. The molecule has 0 aliphatic heterocycles. The summed E-state index contributed by atoms with van der Waals surface area (Å²) in [6.07, 6.45) is 7.93. The second kappa shape index (κ2) is 6.66. The maximum Gasteiger partial charge on any atom is 0.253 e. The molecule has 1 aliphatic carbocycles. The van der Waals surface area contributed by atoms with Crippen LogP contribution in [0.15, 0.2) is 18.3 Å². The van der Waals surface area contributed by atoms with E-state index in [1.807, 2.05) is 0 Å². The van der Waals surface area contributed by atoms with Crippen LogP contribution in [0.4, 0.5) is 5.82 Å². The highest BCUT2D eigenvalue weighted by Gasteiger charge is 2.17. The fourth-order valence-corrected chi connectivity index (χ4v) is 2.54. The Morgan fingerprint density at radius 1 is 1.26 bits per heavy atom. The predicted octanol–water partition coefficient (Wildman–Crippen LogP) is 3.37. The number of rotatable bonds is 4. The summed E-state index contributed by atoms with van der Waals surface area (Å²) in [5, 5.41) is 2.20. The molecule has 19 heavy (non-hydrogen) atoms. The number of amides is 1. The van der Waals surface area contributed by atoms with E-state index in [1.165, 1.54) is 25.5 Å². The SMILES string of the molecule is O=C(CC1CCCCC1)Nc1ccc(C(=O)Cl)cn1. The van der Waals surface area contributed by atoms with Gasteiger partial charge < -0.3 is 5.32 Å². The molecule has 102 valence electrons. The number of nitrogens with zero attached hydrogens (tertiary/aromatic N) is 1. The van der Waals surface area contributed by atoms with Crippen molar-refractivity contribution in [2.75, 3.05) is 5.32 Å². The van der Waals surface area contributed by atoms with Crippen molar-refractivity contribution in [3.8, 4) is 0 Å². The summed E-state index contributed by atoms with van der Waals surface area (Å²) in [6, 6.07) is 3.15. The second-order valence-electron chi connectivity index (χ2n) is 4.96. The molecule has 4 nitrogen and oxygen atoms in total. The molecule has 0 unspecified atom stereocenters. The van der Waals surface area contributed by atoms with E-state index in [2.05, 4.69) is 10.3 Å². The Bertz CT molecular complexity index is 453. The summed E-state index contributed by atoms with van der Waals surface area (Å²) in [6.45, 7) is 0. The van der Waals surface area contributed by atoms with Crippen LogP contribution in [0.3, 0.4) is 0 Å². The predicted molar refractivity (Wildman–Crippen MR) is 74.2 cm³/mol. The molecule has 1 saturated carbocycles. The first kappa shape index (κ1) is 14.0. The third-order valence-electron chi connectivity index (χ3n) is 3.46. The van der Waals surface area contributed by atoms with Crippen molar-refractivity contribution in [3.63, 3.8) is 0 Å². The van der Waals surface area contributed by atoms with Gasteiger partial charge in [0.2, 0.25) is 5.91 Å². The van der Waals surface area contributed by atoms with Crippen LogP contribution >= 0.6 is 11.6 Å². The topological polar surface area (TPSA) is 59.1 Å². The summed E-state index contributed by atoms with van der Waals surface area (Å²) in [7, 11) is 0. The average molecular weight is 281 g/mol. The van der Waals surface area contributed by atoms with Gasteiger partial charge >= 0.3 is 0 Å². The Morgan fingerprint density at radius 3 is 2.58 bits per heavy atom. The van der Waals surface area contributed by atoms with Gasteiger partial charge in [-0.25, -0.2) is 4.98 Å². The van der Waals surface area contributed by atoms with Crippen molar-refractivity contribution in [1.29, 1.82) is 0 Å². The molecule has 0 spiro atoms. The molecule has 5 heteroatoms. The normalized spacial score (nSPS) is 16.1. The smallest absolute Gasteiger partial charge is 0.253 e. The molecular formula is C14H17ClN2O2. The van der Waals surface area contributed by atoms with Gasteiger partial charge in [-0.05, 0) is 42.5 Å². The summed E-state index contributed by atoms with van der Waals surface area (Å²) in [5.74, 6) is 0.948. The lowest BCUT2D eigenvalue weighted by Crippen LogP contribution is -2.18. The quantitative estimate of drug-likeness (QED) is 0.860. The van der Waals surface area contributed by atoms with E-state index in [0.29, 0.717) is 23.7 Å². The van der Waals surface area contributed by atoms with Gasteiger partial charge in [-0.2, -0.15) is 0 Å².